The van der Waals surface area contributed by atoms with E-state index in [1.807, 2.05) is 30.1 Å². The number of pyridine rings is 1. The van der Waals surface area contributed by atoms with E-state index in [1.165, 1.54) is 0 Å². The van der Waals surface area contributed by atoms with Gasteiger partial charge in [-0.1, -0.05) is 0 Å². The van der Waals surface area contributed by atoms with Gasteiger partial charge in [0, 0.05) is 61.9 Å². The summed E-state index contributed by atoms with van der Waals surface area (Å²) in [5.74, 6) is 0.676. The highest BCUT2D eigenvalue weighted by molar-refractivity contribution is 5.92. The first-order valence-electron chi connectivity index (χ1n) is 12.0. The molecular formula is C25H36N6O3. The predicted octanol–water partition coefficient (Wildman–Crippen LogP) is 3.27. The Kier molecular flexibility index (Phi) is 7.87. The van der Waals surface area contributed by atoms with Crippen molar-refractivity contribution in [2.24, 2.45) is 0 Å². The Morgan fingerprint density at radius 3 is 2.68 bits per heavy atom. The molecule has 1 aromatic carbocycles. The zero-order chi connectivity index (χ0) is 24.1. The highest BCUT2D eigenvalue weighted by Gasteiger charge is 2.19. The number of rotatable bonds is 10. The van der Waals surface area contributed by atoms with Crippen molar-refractivity contribution in [3.8, 4) is 17.0 Å². The summed E-state index contributed by atoms with van der Waals surface area (Å²) in [6.45, 7) is 6.43. The summed E-state index contributed by atoms with van der Waals surface area (Å²) >= 11 is 0. The summed E-state index contributed by atoms with van der Waals surface area (Å²) < 4.78 is 13.4. The van der Waals surface area contributed by atoms with Crippen LogP contribution < -0.4 is 20.7 Å². The maximum Gasteiger partial charge on any atom is 0.160 e. The minimum Gasteiger partial charge on any atom is -0.491 e. The Balaban J connectivity index is 1.73. The molecule has 0 bridgehead atoms. The summed E-state index contributed by atoms with van der Waals surface area (Å²) in [5, 5.41) is 25.6. The molecule has 1 aliphatic rings. The predicted molar refractivity (Wildman–Crippen MR) is 136 cm³/mol. The van der Waals surface area contributed by atoms with Crippen LogP contribution in [0.2, 0.25) is 0 Å². The van der Waals surface area contributed by atoms with Crippen LogP contribution in [0.1, 0.15) is 32.7 Å². The Morgan fingerprint density at radius 2 is 1.97 bits per heavy atom. The van der Waals surface area contributed by atoms with Gasteiger partial charge in [-0.15, -0.1) is 0 Å². The van der Waals surface area contributed by atoms with Crippen molar-refractivity contribution < 1.29 is 14.6 Å². The van der Waals surface area contributed by atoms with Gasteiger partial charge in [-0.05, 0) is 51.9 Å². The number of benzene rings is 1. The maximum atomic E-state index is 10.1. The lowest BCUT2D eigenvalue weighted by atomic mass is 10.1. The van der Waals surface area contributed by atoms with Crippen LogP contribution in [0.15, 0.2) is 30.5 Å². The minimum absolute atomic E-state index is 0.187. The fourth-order valence-corrected chi connectivity index (χ4v) is 4.19. The molecule has 1 atom stereocenters. The van der Waals surface area contributed by atoms with Gasteiger partial charge in [0.05, 0.1) is 17.3 Å². The molecule has 3 heterocycles. The molecule has 9 nitrogen and oxygen atoms in total. The smallest absolute Gasteiger partial charge is 0.160 e. The lowest BCUT2D eigenvalue weighted by molar-refractivity contribution is 0.0905. The highest BCUT2D eigenvalue weighted by atomic mass is 16.5. The third kappa shape index (κ3) is 5.60. The van der Waals surface area contributed by atoms with Gasteiger partial charge >= 0.3 is 0 Å². The molecule has 1 aliphatic heterocycles. The van der Waals surface area contributed by atoms with Crippen molar-refractivity contribution in [2.45, 2.75) is 44.9 Å². The molecule has 0 saturated carbocycles. The molecule has 4 rings (SSSR count). The summed E-state index contributed by atoms with van der Waals surface area (Å²) in [4.78, 5) is 5.01. The van der Waals surface area contributed by atoms with Crippen molar-refractivity contribution >= 4 is 22.4 Å². The van der Waals surface area contributed by atoms with E-state index >= 15 is 0 Å². The lowest BCUT2D eigenvalue weighted by Crippen LogP contribution is -2.29. The number of nitrogens with one attached hydrogen (secondary N) is 3. The zero-order valence-electron chi connectivity index (χ0n) is 20.5. The number of ether oxygens (including phenoxy) is 2. The van der Waals surface area contributed by atoms with Gasteiger partial charge < -0.3 is 30.5 Å². The molecule has 0 radical (unpaired) electrons. The summed E-state index contributed by atoms with van der Waals surface area (Å²) in [6, 6.07) is 8.58. The summed E-state index contributed by atoms with van der Waals surface area (Å²) in [6.07, 6.45) is 3.26. The molecule has 0 aliphatic carbocycles. The Morgan fingerprint density at radius 1 is 1.18 bits per heavy atom. The average Bonchev–Trinajstić information content (AvgIpc) is 3.28. The largest absolute Gasteiger partial charge is 0.491 e. The van der Waals surface area contributed by atoms with Crippen molar-refractivity contribution in [3.63, 3.8) is 0 Å². The van der Waals surface area contributed by atoms with Crippen LogP contribution in [0, 0.1) is 0 Å². The second-order valence-electron chi connectivity index (χ2n) is 9.02. The van der Waals surface area contributed by atoms with Crippen LogP contribution in [-0.4, -0.2) is 72.5 Å². The first kappa shape index (κ1) is 24.3. The van der Waals surface area contributed by atoms with E-state index in [9.17, 15) is 5.11 Å². The SMILES string of the molecule is CNCC(O)COc1cc(NC)cc(-c2cc(NC3CCOCC3)c3cnn(C(C)C)c3n2)c1. The van der Waals surface area contributed by atoms with Crippen molar-refractivity contribution in [1.29, 1.82) is 0 Å². The molecule has 1 fully saturated rings. The Labute approximate surface area is 200 Å². The average molecular weight is 469 g/mol. The normalized spacial score (nSPS) is 15.6. The molecule has 1 saturated heterocycles. The van der Waals surface area contributed by atoms with Gasteiger partial charge in [0.2, 0.25) is 0 Å². The third-order valence-electron chi connectivity index (χ3n) is 6.01. The fourth-order valence-electron chi connectivity index (χ4n) is 4.19. The lowest BCUT2D eigenvalue weighted by Gasteiger charge is -2.25. The molecular weight excluding hydrogens is 432 g/mol. The van der Waals surface area contributed by atoms with E-state index in [4.69, 9.17) is 14.5 Å². The quantitative estimate of drug-likeness (QED) is 0.359. The molecule has 9 heteroatoms. The van der Waals surface area contributed by atoms with E-state index in [-0.39, 0.29) is 12.6 Å². The van der Waals surface area contributed by atoms with Crippen molar-refractivity contribution in [3.05, 3.63) is 30.5 Å². The molecule has 0 spiro atoms. The number of aliphatic hydroxyl groups is 1. The van der Waals surface area contributed by atoms with Crippen LogP contribution in [0.3, 0.4) is 0 Å². The van der Waals surface area contributed by atoms with Crippen LogP contribution in [-0.2, 0) is 4.74 Å². The van der Waals surface area contributed by atoms with Crippen molar-refractivity contribution in [1.82, 2.24) is 20.1 Å². The van der Waals surface area contributed by atoms with E-state index in [1.54, 1.807) is 7.05 Å². The van der Waals surface area contributed by atoms with Crippen molar-refractivity contribution in [2.75, 3.05) is 51.1 Å². The number of anilines is 2. The topological polar surface area (TPSA) is 105 Å². The van der Waals surface area contributed by atoms with Gasteiger partial charge in [-0.25, -0.2) is 9.67 Å². The molecule has 34 heavy (non-hydrogen) atoms. The monoisotopic (exact) mass is 468 g/mol. The number of hydrogen-bond donors (Lipinski definition) is 4. The molecule has 184 valence electrons. The Hall–Kier alpha value is -2.88. The molecule has 2 aromatic heterocycles. The fraction of sp³-hybridized carbons (Fsp3) is 0.520. The van der Waals surface area contributed by atoms with E-state index in [0.717, 1.165) is 59.7 Å². The molecule has 0 amide bonds. The molecule has 1 unspecified atom stereocenters. The van der Waals surface area contributed by atoms with Gasteiger partial charge in [0.1, 0.15) is 18.5 Å². The highest BCUT2D eigenvalue weighted by Crippen LogP contribution is 2.34. The Bertz CT molecular complexity index is 1090. The van der Waals surface area contributed by atoms with E-state index in [0.29, 0.717) is 18.3 Å². The number of aromatic nitrogens is 3. The summed E-state index contributed by atoms with van der Waals surface area (Å²) in [7, 11) is 3.68. The van der Waals surface area contributed by atoms with E-state index < -0.39 is 6.10 Å². The number of fused-ring (bicyclic) bond motifs is 1. The van der Waals surface area contributed by atoms with Crippen LogP contribution in [0.4, 0.5) is 11.4 Å². The first-order chi connectivity index (χ1) is 16.5. The van der Waals surface area contributed by atoms with Gasteiger partial charge in [0.15, 0.2) is 5.65 Å². The molecule has 3 aromatic rings. The number of nitrogens with zero attached hydrogens (tertiary/aromatic N) is 3. The summed E-state index contributed by atoms with van der Waals surface area (Å²) in [5.41, 5.74) is 4.55. The number of likely N-dealkylation sites (N-methyl/N-ethyl adjacent to an activating group) is 1. The van der Waals surface area contributed by atoms with E-state index in [2.05, 4.69) is 47.0 Å². The maximum absolute atomic E-state index is 10.1. The van der Waals surface area contributed by atoms with Gasteiger partial charge in [0.25, 0.3) is 0 Å². The number of aliphatic hydroxyl groups excluding tert-OH is 1. The standard InChI is InChI=1S/C25H36N6O3/c1-16(2)31-25-22(14-28-31)24(29-18-5-7-33-8-6-18)12-23(30-25)17-9-19(27-4)11-21(10-17)34-15-20(32)13-26-3/h9-12,14,16,18,20,26-27,32H,5-8,13,15H2,1-4H3,(H,29,30). The second kappa shape index (κ2) is 11.0. The van der Waals surface area contributed by atoms with Gasteiger partial charge in [-0.3, -0.25) is 0 Å². The zero-order valence-corrected chi connectivity index (χ0v) is 20.5. The third-order valence-corrected chi connectivity index (χ3v) is 6.01. The van der Waals surface area contributed by atoms with Crippen LogP contribution in [0.25, 0.3) is 22.3 Å². The van der Waals surface area contributed by atoms with Gasteiger partial charge in [-0.2, -0.15) is 5.10 Å². The van der Waals surface area contributed by atoms with Crippen LogP contribution in [0.5, 0.6) is 5.75 Å². The number of hydrogen-bond acceptors (Lipinski definition) is 8. The minimum atomic E-state index is -0.586. The molecule has 4 N–H and O–H groups in total. The first-order valence-corrected chi connectivity index (χ1v) is 12.0. The van der Waals surface area contributed by atoms with Crippen LogP contribution >= 0.6 is 0 Å². The second-order valence-corrected chi connectivity index (χ2v) is 9.02.